The molecule has 94 valence electrons. The summed E-state index contributed by atoms with van der Waals surface area (Å²) >= 11 is 9.64. The maximum atomic E-state index is 6.14. The Morgan fingerprint density at radius 2 is 1.89 bits per heavy atom. The second-order valence-electron chi connectivity index (χ2n) is 4.10. The number of rotatable bonds is 4. The molecule has 0 aliphatic carbocycles. The van der Waals surface area contributed by atoms with Crippen molar-refractivity contribution in [2.24, 2.45) is 0 Å². The highest BCUT2D eigenvalue weighted by atomic mass is 79.9. The van der Waals surface area contributed by atoms with Gasteiger partial charge in [0, 0.05) is 21.7 Å². The van der Waals surface area contributed by atoms with Crippen molar-refractivity contribution in [2.75, 3.05) is 5.32 Å². The van der Waals surface area contributed by atoms with Crippen LogP contribution in [-0.2, 0) is 13.0 Å². The highest BCUT2D eigenvalue weighted by Crippen LogP contribution is 2.23. The first-order valence-electron chi connectivity index (χ1n) is 5.96. The van der Waals surface area contributed by atoms with Crippen LogP contribution >= 0.6 is 27.5 Å². The van der Waals surface area contributed by atoms with E-state index in [1.807, 2.05) is 30.3 Å². The van der Waals surface area contributed by atoms with Gasteiger partial charge in [-0.3, -0.25) is 0 Å². The van der Waals surface area contributed by atoms with Gasteiger partial charge in [0.25, 0.3) is 0 Å². The number of hydrogen-bond acceptors (Lipinski definition) is 1. The van der Waals surface area contributed by atoms with Crippen molar-refractivity contribution >= 4 is 33.2 Å². The zero-order valence-electron chi connectivity index (χ0n) is 10.2. The fourth-order valence-corrected chi connectivity index (χ4v) is 2.47. The first-order chi connectivity index (χ1) is 8.70. The van der Waals surface area contributed by atoms with Gasteiger partial charge in [-0.1, -0.05) is 52.7 Å². The molecule has 0 amide bonds. The molecule has 0 aliphatic rings. The fourth-order valence-electron chi connectivity index (χ4n) is 1.86. The minimum atomic E-state index is 0.744. The normalized spacial score (nSPS) is 10.4. The standard InChI is InChI=1S/C15H15BrClN/c1-2-11-9-13(16)7-8-15(11)18-10-12-5-3-4-6-14(12)17/h3-9,18H,2,10H2,1H3. The van der Waals surface area contributed by atoms with Crippen LogP contribution in [0.2, 0.25) is 5.02 Å². The minimum absolute atomic E-state index is 0.744. The van der Waals surface area contributed by atoms with Gasteiger partial charge in [-0.2, -0.15) is 0 Å². The molecule has 3 heteroatoms. The lowest BCUT2D eigenvalue weighted by Gasteiger charge is -2.12. The van der Waals surface area contributed by atoms with Crippen molar-refractivity contribution in [3.63, 3.8) is 0 Å². The topological polar surface area (TPSA) is 12.0 Å². The Hall–Kier alpha value is -0.990. The molecule has 0 spiro atoms. The van der Waals surface area contributed by atoms with Gasteiger partial charge < -0.3 is 5.32 Å². The molecule has 1 N–H and O–H groups in total. The van der Waals surface area contributed by atoms with E-state index in [2.05, 4.69) is 40.3 Å². The Kier molecular flexibility index (Phi) is 4.67. The van der Waals surface area contributed by atoms with E-state index in [1.54, 1.807) is 0 Å². The van der Waals surface area contributed by atoms with Crippen LogP contribution in [0.3, 0.4) is 0 Å². The van der Waals surface area contributed by atoms with Crippen molar-refractivity contribution in [2.45, 2.75) is 19.9 Å². The number of aryl methyl sites for hydroxylation is 1. The predicted molar refractivity (Wildman–Crippen MR) is 82.3 cm³/mol. The molecule has 0 atom stereocenters. The molecule has 0 fully saturated rings. The van der Waals surface area contributed by atoms with Crippen molar-refractivity contribution in [1.29, 1.82) is 0 Å². The van der Waals surface area contributed by atoms with E-state index in [4.69, 9.17) is 11.6 Å². The summed E-state index contributed by atoms with van der Waals surface area (Å²) in [5, 5.41) is 4.25. The van der Waals surface area contributed by atoms with Gasteiger partial charge in [0.15, 0.2) is 0 Å². The number of anilines is 1. The van der Waals surface area contributed by atoms with E-state index in [-0.39, 0.29) is 0 Å². The van der Waals surface area contributed by atoms with Crippen LogP contribution in [0.25, 0.3) is 0 Å². The highest BCUT2D eigenvalue weighted by Gasteiger charge is 2.03. The van der Waals surface area contributed by atoms with Crippen molar-refractivity contribution in [3.05, 3.63) is 63.1 Å². The lowest BCUT2D eigenvalue weighted by Crippen LogP contribution is -2.02. The largest absolute Gasteiger partial charge is 0.381 e. The first-order valence-corrected chi connectivity index (χ1v) is 7.13. The van der Waals surface area contributed by atoms with Crippen LogP contribution in [0, 0.1) is 0 Å². The quantitative estimate of drug-likeness (QED) is 0.807. The van der Waals surface area contributed by atoms with Gasteiger partial charge in [-0.25, -0.2) is 0 Å². The molecule has 18 heavy (non-hydrogen) atoms. The van der Waals surface area contributed by atoms with Gasteiger partial charge in [0.2, 0.25) is 0 Å². The number of nitrogens with one attached hydrogen (secondary N) is 1. The van der Waals surface area contributed by atoms with Gasteiger partial charge in [-0.05, 0) is 41.8 Å². The lowest BCUT2D eigenvalue weighted by atomic mass is 10.1. The second kappa shape index (κ2) is 6.26. The van der Waals surface area contributed by atoms with Gasteiger partial charge in [0.1, 0.15) is 0 Å². The van der Waals surface area contributed by atoms with Crippen molar-refractivity contribution in [1.82, 2.24) is 0 Å². The summed E-state index contributed by atoms with van der Waals surface area (Å²) < 4.78 is 1.11. The molecule has 0 bridgehead atoms. The van der Waals surface area contributed by atoms with E-state index in [0.29, 0.717) is 0 Å². The van der Waals surface area contributed by atoms with Crippen LogP contribution in [-0.4, -0.2) is 0 Å². The SMILES string of the molecule is CCc1cc(Br)ccc1NCc1ccccc1Cl. The molecular formula is C15H15BrClN. The van der Waals surface area contributed by atoms with Crippen LogP contribution < -0.4 is 5.32 Å². The third-order valence-corrected chi connectivity index (χ3v) is 3.74. The van der Waals surface area contributed by atoms with Gasteiger partial charge in [0.05, 0.1) is 0 Å². The van der Waals surface area contributed by atoms with E-state index in [0.717, 1.165) is 28.0 Å². The average Bonchev–Trinajstić information content (AvgIpc) is 2.39. The van der Waals surface area contributed by atoms with E-state index < -0.39 is 0 Å². The molecule has 0 aromatic heterocycles. The molecule has 0 saturated heterocycles. The third-order valence-electron chi connectivity index (χ3n) is 2.88. The second-order valence-corrected chi connectivity index (χ2v) is 5.42. The van der Waals surface area contributed by atoms with Crippen LogP contribution in [0.1, 0.15) is 18.1 Å². The molecule has 2 aromatic rings. The highest BCUT2D eigenvalue weighted by molar-refractivity contribution is 9.10. The predicted octanol–water partition coefficient (Wildman–Crippen LogP) is 5.28. The minimum Gasteiger partial charge on any atom is -0.381 e. The van der Waals surface area contributed by atoms with Crippen LogP contribution in [0.15, 0.2) is 46.9 Å². The number of halogens is 2. The molecule has 1 nitrogen and oxygen atoms in total. The van der Waals surface area contributed by atoms with E-state index in [1.165, 1.54) is 11.3 Å². The summed E-state index contributed by atoms with van der Waals surface area (Å²) in [6.45, 7) is 2.90. The molecular weight excluding hydrogens is 310 g/mol. The monoisotopic (exact) mass is 323 g/mol. The van der Waals surface area contributed by atoms with Crippen LogP contribution in [0.5, 0.6) is 0 Å². The zero-order valence-corrected chi connectivity index (χ0v) is 12.6. The summed E-state index contributed by atoms with van der Waals surface area (Å²) in [5.74, 6) is 0. The summed E-state index contributed by atoms with van der Waals surface area (Å²) in [6.07, 6.45) is 1.00. The van der Waals surface area contributed by atoms with Crippen molar-refractivity contribution < 1.29 is 0 Å². The zero-order chi connectivity index (χ0) is 13.0. The maximum absolute atomic E-state index is 6.14. The lowest BCUT2D eigenvalue weighted by molar-refractivity contribution is 1.09. The summed E-state index contributed by atoms with van der Waals surface area (Å²) in [5.41, 5.74) is 3.58. The Morgan fingerprint density at radius 3 is 2.61 bits per heavy atom. The Balaban J connectivity index is 2.13. The third kappa shape index (κ3) is 3.27. The summed E-state index contributed by atoms with van der Waals surface area (Å²) in [6, 6.07) is 14.2. The number of benzene rings is 2. The summed E-state index contributed by atoms with van der Waals surface area (Å²) in [4.78, 5) is 0. The smallest absolute Gasteiger partial charge is 0.0455 e. The molecule has 0 radical (unpaired) electrons. The summed E-state index contributed by atoms with van der Waals surface area (Å²) in [7, 11) is 0. The number of hydrogen-bond donors (Lipinski definition) is 1. The molecule has 0 unspecified atom stereocenters. The fraction of sp³-hybridized carbons (Fsp3) is 0.200. The first kappa shape index (κ1) is 13.4. The van der Waals surface area contributed by atoms with E-state index in [9.17, 15) is 0 Å². The van der Waals surface area contributed by atoms with Crippen molar-refractivity contribution in [3.8, 4) is 0 Å². The molecule has 0 heterocycles. The molecule has 0 aliphatic heterocycles. The Bertz CT molecular complexity index is 540. The van der Waals surface area contributed by atoms with Gasteiger partial charge >= 0.3 is 0 Å². The maximum Gasteiger partial charge on any atom is 0.0455 e. The Morgan fingerprint density at radius 1 is 1.11 bits per heavy atom. The van der Waals surface area contributed by atoms with Crippen LogP contribution in [0.4, 0.5) is 5.69 Å². The molecule has 2 aromatic carbocycles. The average molecular weight is 325 g/mol. The molecule has 0 saturated carbocycles. The van der Waals surface area contributed by atoms with Gasteiger partial charge in [-0.15, -0.1) is 0 Å². The van der Waals surface area contributed by atoms with E-state index >= 15 is 0 Å². The molecule has 2 rings (SSSR count). The Labute approximate surface area is 121 Å².